The van der Waals surface area contributed by atoms with Gasteiger partial charge < -0.3 is 9.80 Å². The summed E-state index contributed by atoms with van der Waals surface area (Å²) < 4.78 is 0. The Kier molecular flexibility index (Phi) is 4.71. The lowest BCUT2D eigenvalue weighted by Crippen LogP contribution is -2.63. The zero-order chi connectivity index (χ0) is 14.9. The number of piperazine rings is 1. The molecule has 0 aromatic heterocycles. The van der Waals surface area contributed by atoms with E-state index in [1.54, 1.807) is 4.90 Å². The molecule has 2 aliphatic rings. The van der Waals surface area contributed by atoms with Gasteiger partial charge in [0.25, 0.3) is 0 Å². The Hall–Kier alpha value is -1.06. The minimum atomic E-state index is -0.286. The fraction of sp³-hybridized carbons (Fsp3) is 0.875. The molecule has 0 spiro atoms. The third-order valence-corrected chi connectivity index (χ3v) is 4.73. The summed E-state index contributed by atoms with van der Waals surface area (Å²) in [6.45, 7) is 9.17. The fourth-order valence-corrected chi connectivity index (χ4v) is 3.57. The molecular weight excluding hydrogens is 252 g/mol. The van der Waals surface area contributed by atoms with Crippen molar-refractivity contribution in [3.63, 3.8) is 0 Å². The zero-order valence-electron chi connectivity index (χ0n) is 13.3. The maximum Gasteiger partial charge on any atom is 0.246 e. The van der Waals surface area contributed by atoms with Crippen LogP contribution in [0, 0.1) is 5.92 Å². The molecule has 0 bridgehead atoms. The van der Waals surface area contributed by atoms with Crippen LogP contribution in [-0.2, 0) is 9.59 Å². The monoisotopic (exact) mass is 280 g/mol. The van der Waals surface area contributed by atoms with Crippen LogP contribution in [0.2, 0.25) is 0 Å². The van der Waals surface area contributed by atoms with Crippen LogP contribution in [0.5, 0.6) is 0 Å². The Morgan fingerprint density at radius 1 is 1.15 bits per heavy atom. The Morgan fingerprint density at radius 2 is 1.85 bits per heavy atom. The maximum absolute atomic E-state index is 12.6. The van der Waals surface area contributed by atoms with Crippen LogP contribution in [0.1, 0.15) is 59.8 Å². The third kappa shape index (κ3) is 2.84. The van der Waals surface area contributed by atoms with Gasteiger partial charge in [0, 0.05) is 12.6 Å². The van der Waals surface area contributed by atoms with E-state index in [0.717, 1.165) is 32.2 Å². The normalized spacial score (nSPS) is 28.2. The molecule has 2 amide bonds. The molecule has 0 radical (unpaired) electrons. The second-order valence-corrected chi connectivity index (χ2v) is 6.78. The van der Waals surface area contributed by atoms with E-state index >= 15 is 0 Å². The van der Waals surface area contributed by atoms with Crippen LogP contribution >= 0.6 is 0 Å². The maximum atomic E-state index is 12.6. The number of carbonyl (C=O) groups is 2. The van der Waals surface area contributed by atoms with Crippen molar-refractivity contribution in [3.05, 3.63) is 0 Å². The highest BCUT2D eigenvalue weighted by Gasteiger charge is 2.47. The standard InChI is InChI=1S/C16H28N2O2/c1-11(2)7-5-8-12(3)18-13(4)15(19)17-10-6-9-14(17)16(18)20/h11-14H,5-10H2,1-4H3. The second kappa shape index (κ2) is 6.15. The largest absolute Gasteiger partial charge is 0.329 e. The van der Waals surface area contributed by atoms with Crippen molar-refractivity contribution < 1.29 is 9.59 Å². The van der Waals surface area contributed by atoms with E-state index < -0.39 is 0 Å². The fourth-order valence-electron chi connectivity index (χ4n) is 3.57. The number of hydrogen-bond donors (Lipinski definition) is 0. The van der Waals surface area contributed by atoms with E-state index in [1.165, 1.54) is 6.42 Å². The molecule has 3 atom stereocenters. The first-order chi connectivity index (χ1) is 9.43. The summed E-state index contributed by atoms with van der Waals surface area (Å²) in [5.74, 6) is 1.01. The van der Waals surface area contributed by atoms with Gasteiger partial charge in [-0.15, -0.1) is 0 Å². The Bertz CT molecular complexity index is 381. The predicted octanol–water partition coefficient (Wildman–Crippen LogP) is 2.42. The van der Waals surface area contributed by atoms with Crippen LogP contribution in [0.25, 0.3) is 0 Å². The van der Waals surface area contributed by atoms with E-state index in [2.05, 4.69) is 20.8 Å². The molecule has 0 aromatic rings. The van der Waals surface area contributed by atoms with Crippen LogP contribution < -0.4 is 0 Å². The first-order valence-corrected chi connectivity index (χ1v) is 8.06. The number of rotatable bonds is 5. The third-order valence-electron chi connectivity index (χ3n) is 4.73. The lowest BCUT2D eigenvalue weighted by molar-refractivity contribution is -0.161. The summed E-state index contributed by atoms with van der Waals surface area (Å²) in [4.78, 5) is 28.7. The Balaban J connectivity index is 2.02. The van der Waals surface area contributed by atoms with Gasteiger partial charge in [-0.25, -0.2) is 0 Å². The van der Waals surface area contributed by atoms with Crippen LogP contribution in [-0.4, -0.2) is 46.3 Å². The van der Waals surface area contributed by atoms with E-state index in [9.17, 15) is 9.59 Å². The van der Waals surface area contributed by atoms with Crippen molar-refractivity contribution in [1.29, 1.82) is 0 Å². The predicted molar refractivity (Wildman–Crippen MR) is 79.2 cm³/mol. The molecule has 2 saturated heterocycles. The smallest absolute Gasteiger partial charge is 0.246 e. The molecule has 0 aromatic carbocycles. The van der Waals surface area contributed by atoms with Gasteiger partial charge >= 0.3 is 0 Å². The second-order valence-electron chi connectivity index (χ2n) is 6.78. The molecular formula is C16H28N2O2. The van der Waals surface area contributed by atoms with Gasteiger partial charge in [-0.05, 0) is 39.0 Å². The van der Waals surface area contributed by atoms with Crippen LogP contribution in [0.15, 0.2) is 0 Å². The van der Waals surface area contributed by atoms with Gasteiger partial charge in [-0.3, -0.25) is 9.59 Å². The number of carbonyl (C=O) groups excluding carboxylic acids is 2. The van der Waals surface area contributed by atoms with Crippen molar-refractivity contribution in [2.45, 2.75) is 77.9 Å². The van der Waals surface area contributed by atoms with Crippen molar-refractivity contribution >= 4 is 11.8 Å². The summed E-state index contributed by atoms with van der Waals surface area (Å²) in [5.41, 5.74) is 0. The highest BCUT2D eigenvalue weighted by molar-refractivity contribution is 5.97. The van der Waals surface area contributed by atoms with Gasteiger partial charge in [-0.1, -0.05) is 26.7 Å². The first kappa shape index (κ1) is 15.3. The van der Waals surface area contributed by atoms with Crippen molar-refractivity contribution in [2.24, 2.45) is 5.92 Å². The van der Waals surface area contributed by atoms with E-state index in [4.69, 9.17) is 0 Å². The molecule has 4 nitrogen and oxygen atoms in total. The molecule has 114 valence electrons. The molecule has 2 aliphatic heterocycles. The van der Waals surface area contributed by atoms with E-state index in [-0.39, 0.29) is 29.9 Å². The van der Waals surface area contributed by atoms with Gasteiger partial charge in [-0.2, -0.15) is 0 Å². The summed E-state index contributed by atoms with van der Waals surface area (Å²) in [5, 5.41) is 0. The minimum Gasteiger partial charge on any atom is -0.329 e. The number of fused-ring (bicyclic) bond motifs is 1. The van der Waals surface area contributed by atoms with E-state index in [0.29, 0.717) is 5.92 Å². The van der Waals surface area contributed by atoms with Crippen molar-refractivity contribution in [3.8, 4) is 0 Å². The molecule has 20 heavy (non-hydrogen) atoms. The molecule has 2 rings (SSSR count). The summed E-state index contributed by atoms with van der Waals surface area (Å²) >= 11 is 0. The zero-order valence-corrected chi connectivity index (χ0v) is 13.3. The Labute approximate surface area is 122 Å². The number of hydrogen-bond acceptors (Lipinski definition) is 2. The average molecular weight is 280 g/mol. The number of amides is 2. The molecule has 2 heterocycles. The SMILES string of the molecule is CC(C)CCCC(C)N1C(=O)C2CCCN2C(=O)C1C. The summed E-state index contributed by atoms with van der Waals surface area (Å²) in [7, 11) is 0. The molecule has 0 saturated carbocycles. The topological polar surface area (TPSA) is 40.6 Å². The van der Waals surface area contributed by atoms with Gasteiger partial charge in [0.15, 0.2) is 0 Å². The van der Waals surface area contributed by atoms with Crippen molar-refractivity contribution in [1.82, 2.24) is 9.80 Å². The highest BCUT2D eigenvalue weighted by Crippen LogP contribution is 2.29. The first-order valence-electron chi connectivity index (χ1n) is 8.06. The molecule has 2 fully saturated rings. The summed E-state index contributed by atoms with van der Waals surface area (Å²) in [6.07, 6.45) is 5.10. The van der Waals surface area contributed by atoms with Crippen molar-refractivity contribution in [2.75, 3.05) is 6.54 Å². The Morgan fingerprint density at radius 3 is 2.50 bits per heavy atom. The molecule has 0 aliphatic carbocycles. The number of nitrogens with zero attached hydrogens (tertiary/aromatic N) is 2. The quantitative estimate of drug-likeness (QED) is 0.776. The average Bonchev–Trinajstić information content (AvgIpc) is 2.85. The molecule has 4 heteroatoms. The molecule has 0 N–H and O–H groups in total. The van der Waals surface area contributed by atoms with Gasteiger partial charge in [0.05, 0.1) is 0 Å². The highest BCUT2D eigenvalue weighted by atomic mass is 16.2. The summed E-state index contributed by atoms with van der Waals surface area (Å²) in [6, 6.07) is -0.292. The van der Waals surface area contributed by atoms with Gasteiger partial charge in [0.2, 0.25) is 11.8 Å². The lowest BCUT2D eigenvalue weighted by atomic mass is 9.99. The van der Waals surface area contributed by atoms with E-state index in [1.807, 2.05) is 11.8 Å². The van der Waals surface area contributed by atoms with Crippen LogP contribution in [0.3, 0.4) is 0 Å². The van der Waals surface area contributed by atoms with Crippen LogP contribution in [0.4, 0.5) is 0 Å². The van der Waals surface area contributed by atoms with Gasteiger partial charge in [0.1, 0.15) is 12.1 Å². The molecule has 3 unspecified atom stereocenters. The lowest BCUT2D eigenvalue weighted by Gasteiger charge is -2.44. The minimum absolute atomic E-state index is 0.141.